The number of carbonyl (C=O) groups excluding carboxylic acids is 1. The highest BCUT2D eigenvalue weighted by atomic mass is 32.1. The van der Waals surface area contributed by atoms with Crippen LogP contribution in [0.5, 0.6) is 0 Å². The summed E-state index contributed by atoms with van der Waals surface area (Å²) in [5.41, 5.74) is 0.886. The molecule has 0 radical (unpaired) electrons. The lowest BCUT2D eigenvalue weighted by Crippen LogP contribution is -2.23. The van der Waals surface area contributed by atoms with Crippen LogP contribution < -0.4 is 5.32 Å². The Labute approximate surface area is 118 Å². The third-order valence-electron chi connectivity index (χ3n) is 3.29. The topological polar surface area (TPSA) is 51.2 Å². The van der Waals surface area contributed by atoms with E-state index in [-0.39, 0.29) is 11.9 Å². The molecule has 1 aliphatic rings. The van der Waals surface area contributed by atoms with Crippen LogP contribution in [0.2, 0.25) is 0 Å². The van der Waals surface area contributed by atoms with Crippen molar-refractivity contribution < 1.29 is 9.53 Å². The Balaban J connectivity index is 2.16. The number of nitrogens with one attached hydrogen (secondary N) is 1. The van der Waals surface area contributed by atoms with Crippen LogP contribution in [-0.4, -0.2) is 30.1 Å². The van der Waals surface area contributed by atoms with Gasteiger partial charge in [0.05, 0.1) is 17.3 Å². The molecule has 1 fully saturated rings. The van der Waals surface area contributed by atoms with E-state index < -0.39 is 0 Å². The number of hydrogen-bond acceptors (Lipinski definition) is 5. The second-order valence-electron chi connectivity index (χ2n) is 5.19. The van der Waals surface area contributed by atoms with Crippen LogP contribution >= 0.6 is 11.3 Å². The molecule has 5 heteroatoms. The Morgan fingerprint density at radius 2 is 2.37 bits per heavy atom. The average Bonchev–Trinajstić information content (AvgIpc) is 2.99. The first kappa shape index (κ1) is 14.5. The fourth-order valence-electron chi connectivity index (χ4n) is 2.34. The van der Waals surface area contributed by atoms with Gasteiger partial charge in [0.25, 0.3) is 0 Å². The lowest BCUT2D eigenvalue weighted by molar-refractivity contribution is 0.0530. The van der Waals surface area contributed by atoms with Crippen molar-refractivity contribution in [2.75, 3.05) is 13.2 Å². The van der Waals surface area contributed by atoms with Crippen molar-refractivity contribution in [3.8, 4) is 0 Å². The highest BCUT2D eigenvalue weighted by Crippen LogP contribution is 2.27. The summed E-state index contributed by atoms with van der Waals surface area (Å²) in [5.74, 6) is 0.0234. The van der Waals surface area contributed by atoms with Crippen LogP contribution in [0.15, 0.2) is 0 Å². The summed E-state index contributed by atoms with van der Waals surface area (Å²) in [7, 11) is 0. The smallest absolute Gasteiger partial charge is 0.350 e. The molecule has 0 bridgehead atoms. The monoisotopic (exact) mass is 282 g/mol. The predicted molar refractivity (Wildman–Crippen MR) is 76.9 cm³/mol. The molecule has 1 aromatic rings. The summed E-state index contributed by atoms with van der Waals surface area (Å²) in [6, 6.07) is 0.515. The first-order valence-electron chi connectivity index (χ1n) is 7.02. The zero-order chi connectivity index (χ0) is 13.8. The van der Waals surface area contributed by atoms with Crippen LogP contribution in [0, 0.1) is 0 Å². The summed E-state index contributed by atoms with van der Waals surface area (Å²) >= 11 is 1.50. The first-order chi connectivity index (χ1) is 9.11. The lowest BCUT2D eigenvalue weighted by Gasteiger charge is -2.06. The zero-order valence-corrected chi connectivity index (χ0v) is 12.7. The van der Waals surface area contributed by atoms with Gasteiger partial charge in [0, 0.05) is 12.5 Å². The molecule has 0 aliphatic carbocycles. The average molecular weight is 282 g/mol. The molecule has 0 spiro atoms. The minimum atomic E-state index is -0.227. The van der Waals surface area contributed by atoms with Gasteiger partial charge in [0.15, 0.2) is 0 Å². The van der Waals surface area contributed by atoms with E-state index >= 15 is 0 Å². The van der Waals surface area contributed by atoms with Crippen LogP contribution in [0.4, 0.5) is 0 Å². The highest BCUT2D eigenvalue weighted by Gasteiger charge is 2.23. The van der Waals surface area contributed by atoms with Gasteiger partial charge in [0.2, 0.25) is 0 Å². The predicted octanol–water partition coefficient (Wildman–Crippen LogP) is 2.74. The lowest BCUT2D eigenvalue weighted by atomic mass is 10.1. The van der Waals surface area contributed by atoms with Gasteiger partial charge in [-0.3, -0.25) is 0 Å². The molecule has 106 valence electrons. The summed E-state index contributed by atoms with van der Waals surface area (Å²) in [6.45, 7) is 7.47. The number of thiazole rings is 1. The molecule has 1 atom stereocenters. The van der Waals surface area contributed by atoms with Gasteiger partial charge in [-0.15, -0.1) is 11.3 Å². The molecule has 1 N–H and O–H groups in total. The molecule has 2 rings (SSSR count). The first-order valence-corrected chi connectivity index (χ1v) is 7.83. The largest absolute Gasteiger partial charge is 0.462 e. The molecule has 2 heterocycles. The molecule has 1 unspecified atom stereocenters. The number of carbonyl (C=O) groups is 1. The number of esters is 1. The summed E-state index contributed by atoms with van der Waals surface area (Å²) in [5, 5.41) is 4.52. The van der Waals surface area contributed by atoms with Crippen molar-refractivity contribution >= 4 is 17.3 Å². The molecule has 0 aromatic carbocycles. The molecule has 1 aromatic heterocycles. The van der Waals surface area contributed by atoms with Crippen molar-refractivity contribution in [1.29, 1.82) is 0 Å². The van der Waals surface area contributed by atoms with Crippen LogP contribution in [0.1, 0.15) is 59.9 Å². The molecular weight excluding hydrogens is 260 g/mol. The minimum Gasteiger partial charge on any atom is -0.462 e. The highest BCUT2D eigenvalue weighted by molar-refractivity contribution is 7.13. The van der Waals surface area contributed by atoms with Crippen LogP contribution in [-0.2, 0) is 11.2 Å². The maximum Gasteiger partial charge on any atom is 0.350 e. The molecule has 0 saturated carbocycles. The number of aromatic nitrogens is 1. The number of rotatable bonds is 5. The second-order valence-corrected chi connectivity index (χ2v) is 6.28. The molecular formula is C14H22N2O2S. The molecule has 4 nitrogen and oxygen atoms in total. The Hall–Kier alpha value is -0.940. The maximum atomic E-state index is 12.0. The SMILES string of the molecule is CCOC(=O)c1sc(CC2CCCN2)nc1C(C)C. The Morgan fingerprint density at radius 1 is 1.58 bits per heavy atom. The van der Waals surface area contributed by atoms with E-state index in [0.29, 0.717) is 17.5 Å². The number of hydrogen-bond donors (Lipinski definition) is 1. The van der Waals surface area contributed by atoms with Crippen molar-refractivity contribution in [3.05, 3.63) is 15.6 Å². The summed E-state index contributed by atoms with van der Waals surface area (Å²) in [4.78, 5) is 17.3. The van der Waals surface area contributed by atoms with Gasteiger partial charge >= 0.3 is 5.97 Å². The number of nitrogens with zero attached hydrogens (tertiary/aromatic N) is 1. The summed E-state index contributed by atoms with van der Waals surface area (Å²) < 4.78 is 5.12. The van der Waals surface area contributed by atoms with Crippen molar-refractivity contribution in [2.45, 2.75) is 52.0 Å². The van der Waals surface area contributed by atoms with Gasteiger partial charge in [0.1, 0.15) is 4.88 Å². The van der Waals surface area contributed by atoms with E-state index in [0.717, 1.165) is 23.7 Å². The van der Waals surface area contributed by atoms with E-state index in [1.807, 2.05) is 6.92 Å². The molecule has 1 aliphatic heterocycles. The van der Waals surface area contributed by atoms with E-state index in [4.69, 9.17) is 4.74 Å². The molecule has 19 heavy (non-hydrogen) atoms. The van der Waals surface area contributed by atoms with Gasteiger partial charge in [-0.25, -0.2) is 9.78 Å². The molecule has 1 saturated heterocycles. The van der Waals surface area contributed by atoms with Gasteiger partial charge in [-0.05, 0) is 32.2 Å². The number of ether oxygens (including phenoxy) is 1. The van der Waals surface area contributed by atoms with E-state index in [1.165, 1.54) is 24.2 Å². The maximum absolute atomic E-state index is 12.0. The molecule has 0 amide bonds. The van der Waals surface area contributed by atoms with E-state index in [1.54, 1.807) is 0 Å². The third-order valence-corrected chi connectivity index (χ3v) is 4.36. The second kappa shape index (κ2) is 6.48. The van der Waals surface area contributed by atoms with Gasteiger partial charge in [-0.1, -0.05) is 13.8 Å². The van der Waals surface area contributed by atoms with Crippen LogP contribution in [0.25, 0.3) is 0 Å². The standard InChI is InChI=1S/C14H22N2O2S/c1-4-18-14(17)13-12(9(2)3)16-11(19-13)8-10-6-5-7-15-10/h9-10,15H,4-8H2,1-3H3. The minimum absolute atomic E-state index is 0.227. The Bertz CT molecular complexity index is 437. The van der Waals surface area contributed by atoms with E-state index in [9.17, 15) is 4.79 Å². The van der Waals surface area contributed by atoms with Gasteiger partial charge < -0.3 is 10.1 Å². The third kappa shape index (κ3) is 3.54. The zero-order valence-electron chi connectivity index (χ0n) is 11.9. The Kier molecular flexibility index (Phi) is 4.93. The fraction of sp³-hybridized carbons (Fsp3) is 0.714. The van der Waals surface area contributed by atoms with E-state index in [2.05, 4.69) is 24.1 Å². The Morgan fingerprint density at radius 3 is 2.95 bits per heavy atom. The normalized spacial score (nSPS) is 19.1. The van der Waals surface area contributed by atoms with Crippen molar-refractivity contribution in [2.24, 2.45) is 0 Å². The van der Waals surface area contributed by atoms with Crippen LogP contribution in [0.3, 0.4) is 0 Å². The van der Waals surface area contributed by atoms with Gasteiger partial charge in [-0.2, -0.15) is 0 Å². The van der Waals surface area contributed by atoms with Crippen molar-refractivity contribution in [3.63, 3.8) is 0 Å². The fourth-order valence-corrected chi connectivity index (χ4v) is 3.53. The quantitative estimate of drug-likeness (QED) is 0.844. The summed E-state index contributed by atoms with van der Waals surface area (Å²) in [6.07, 6.45) is 3.35. The van der Waals surface area contributed by atoms with Crippen molar-refractivity contribution in [1.82, 2.24) is 10.3 Å².